The smallest absolute Gasteiger partial charge is 0.410 e. The van der Waals surface area contributed by atoms with Crippen molar-refractivity contribution in [1.82, 2.24) is 19.8 Å². The number of aliphatic imine (C=N–C) groups is 1. The van der Waals surface area contributed by atoms with Crippen molar-refractivity contribution in [1.29, 1.82) is 0 Å². The molecule has 0 saturated carbocycles. The molecule has 3 aliphatic heterocycles. The van der Waals surface area contributed by atoms with Gasteiger partial charge in [0.05, 0.1) is 29.7 Å². The van der Waals surface area contributed by atoms with E-state index in [1.807, 2.05) is 52.6 Å². The van der Waals surface area contributed by atoms with Gasteiger partial charge >= 0.3 is 12.2 Å². The van der Waals surface area contributed by atoms with Crippen molar-refractivity contribution in [2.24, 2.45) is 4.99 Å². The van der Waals surface area contributed by atoms with E-state index in [2.05, 4.69) is 76.7 Å². The highest BCUT2D eigenvalue weighted by atomic mass is 16.6. The van der Waals surface area contributed by atoms with Crippen LogP contribution in [0.5, 0.6) is 0 Å². The summed E-state index contributed by atoms with van der Waals surface area (Å²) in [5.41, 5.74) is 8.71. The first-order valence-electron chi connectivity index (χ1n) is 17.8. The number of amides is 2. The number of hydrogen-bond acceptors (Lipinski definition) is 6. The minimum absolute atomic E-state index is 0.0106. The van der Waals surface area contributed by atoms with Crippen LogP contribution >= 0.6 is 0 Å². The second-order valence-electron chi connectivity index (χ2n) is 15.6. The number of hydrogen-bond donors (Lipinski definition) is 1. The van der Waals surface area contributed by atoms with E-state index in [9.17, 15) is 9.59 Å². The molecular formula is C41H47N5O4. The van der Waals surface area contributed by atoms with Gasteiger partial charge in [0.15, 0.2) is 0 Å². The molecule has 3 aliphatic rings. The number of nitrogens with zero attached hydrogens (tertiary/aromatic N) is 4. The Morgan fingerprint density at radius 3 is 1.78 bits per heavy atom. The summed E-state index contributed by atoms with van der Waals surface area (Å²) in [7, 11) is 0. The first kappa shape index (κ1) is 33.6. The molecule has 9 heteroatoms. The molecule has 2 saturated heterocycles. The molecule has 9 nitrogen and oxygen atoms in total. The number of carbonyl (C=O) groups excluding carboxylic acids is 2. The Labute approximate surface area is 294 Å². The van der Waals surface area contributed by atoms with Crippen molar-refractivity contribution >= 4 is 23.6 Å². The van der Waals surface area contributed by atoms with Crippen molar-refractivity contribution < 1.29 is 19.1 Å². The van der Waals surface area contributed by atoms with Crippen LogP contribution in [0.4, 0.5) is 15.3 Å². The molecule has 3 aromatic carbocycles. The highest BCUT2D eigenvalue weighted by Gasteiger charge is 2.37. The summed E-state index contributed by atoms with van der Waals surface area (Å²) in [4.78, 5) is 42.4. The van der Waals surface area contributed by atoms with Crippen molar-refractivity contribution in [2.45, 2.75) is 96.9 Å². The summed E-state index contributed by atoms with van der Waals surface area (Å²) < 4.78 is 11.3. The van der Waals surface area contributed by atoms with Crippen LogP contribution in [0, 0.1) is 0 Å². The molecule has 260 valence electrons. The van der Waals surface area contributed by atoms with Crippen LogP contribution < -0.4 is 0 Å². The topological polar surface area (TPSA) is 100 Å². The van der Waals surface area contributed by atoms with Gasteiger partial charge in [0.25, 0.3) is 0 Å². The average Bonchev–Trinajstić information content (AvgIpc) is 3.88. The van der Waals surface area contributed by atoms with Crippen molar-refractivity contribution in [3.8, 4) is 33.5 Å². The van der Waals surface area contributed by atoms with E-state index in [-0.39, 0.29) is 24.3 Å². The van der Waals surface area contributed by atoms with Crippen molar-refractivity contribution in [3.63, 3.8) is 0 Å². The molecule has 2 amide bonds. The Morgan fingerprint density at radius 1 is 0.700 bits per heavy atom. The molecule has 50 heavy (non-hydrogen) atoms. The van der Waals surface area contributed by atoms with Crippen LogP contribution in [0.25, 0.3) is 33.5 Å². The van der Waals surface area contributed by atoms with Gasteiger partial charge in [-0.1, -0.05) is 54.6 Å². The van der Waals surface area contributed by atoms with Gasteiger partial charge in [-0.15, -0.1) is 0 Å². The Hall–Kier alpha value is -4.92. The van der Waals surface area contributed by atoms with Crippen LogP contribution in [0.15, 0.2) is 77.9 Å². The number of nitrogens with one attached hydrogen (secondary N) is 1. The molecule has 0 radical (unpaired) electrons. The molecule has 0 unspecified atom stereocenters. The number of likely N-dealkylation sites (tertiary alicyclic amines) is 2. The number of aromatic amines is 1. The number of imidazole rings is 1. The van der Waals surface area contributed by atoms with E-state index in [0.29, 0.717) is 13.1 Å². The molecule has 0 aliphatic carbocycles. The van der Waals surface area contributed by atoms with Gasteiger partial charge in [0.2, 0.25) is 0 Å². The van der Waals surface area contributed by atoms with Crippen LogP contribution in [0.3, 0.4) is 0 Å². The number of benzene rings is 3. The zero-order valence-corrected chi connectivity index (χ0v) is 30.0. The summed E-state index contributed by atoms with van der Waals surface area (Å²) >= 11 is 0. The second-order valence-corrected chi connectivity index (χ2v) is 15.6. The second kappa shape index (κ2) is 13.1. The lowest BCUT2D eigenvalue weighted by atomic mass is 9.96. The minimum Gasteiger partial charge on any atom is -0.444 e. The predicted molar refractivity (Wildman–Crippen MR) is 197 cm³/mol. The molecule has 0 bridgehead atoms. The summed E-state index contributed by atoms with van der Waals surface area (Å²) in [5, 5.41) is 0. The van der Waals surface area contributed by atoms with Gasteiger partial charge in [0.1, 0.15) is 17.0 Å². The lowest BCUT2D eigenvalue weighted by Crippen LogP contribution is -2.43. The third-order valence-electron chi connectivity index (χ3n) is 9.52. The van der Waals surface area contributed by atoms with E-state index in [0.717, 1.165) is 82.8 Å². The van der Waals surface area contributed by atoms with Crippen molar-refractivity contribution in [3.05, 3.63) is 84.3 Å². The van der Waals surface area contributed by atoms with Gasteiger partial charge in [-0.05, 0) is 113 Å². The fourth-order valence-electron chi connectivity index (χ4n) is 7.19. The molecule has 4 aromatic rings. The lowest BCUT2D eigenvalue weighted by molar-refractivity contribution is 0.0216. The monoisotopic (exact) mass is 673 g/mol. The Kier molecular flexibility index (Phi) is 8.78. The third kappa shape index (κ3) is 7.18. The van der Waals surface area contributed by atoms with E-state index in [1.165, 1.54) is 5.56 Å². The Bertz CT molecular complexity index is 1910. The van der Waals surface area contributed by atoms with E-state index in [4.69, 9.17) is 14.5 Å². The first-order chi connectivity index (χ1) is 23.8. The zero-order valence-electron chi connectivity index (χ0n) is 30.0. The SMILES string of the molecule is CC(C)(C)OC(=O)N1CCC[C@H]1C1=Nc2ccc(-c3ccc(-c4ccc(-c5cnc([C@@H]6CCCN6C(=O)OC(C)(C)C)[nH]5)cc4)cc3)cc2C1. The highest BCUT2D eigenvalue weighted by Crippen LogP contribution is 2.36. The summed E-state index contributed by atoms with van der Waals surface area (Å²) in [5.74, 6) is 0.790. The lowest BCUT2D eigenvalue weighted by Gasteiger charge is -2.28. The van der Waals surface area contributed by atoms with E-state index < -0.39 is 11.2 Å². The van der Waals surface area contributed by atoms with Crippen LogP contribution in [-0.2, 0) is 15.9 Å². The molecule has 1 N–H and O–H groups in total. The molecule has 4 heterocycles. The highest BCUT2D eigenvalue weighted by molar-refractivity contribution is 6.00. The minimum atomic E-state index is -0.535. The van der Waals surface area contributed by atoms with Gasteiger partial charge in [-0.3, -0.25) is 14.8 Å². The molecule has 7 rings (SSSR count). The Balaban J connectivity index is 0.996. The molecule has 2 atom stereocenters. The maximum atomic E-state index is 12.9. The van der Waals surface area contributed by atoms with Gasteiger partial charge in [-0.25, -0.2) is 14.6 Å². The Morgan fingerprint density at radius 2 is 1.20 bits per heavy atom. The standard InChI is InChI=1S/C41H47N5O4/c1-40(2,3)49-38(47)45-21-7-9-35(45)33-24-31-23-30(19-20-32(31)43-33)28-13-11-26(12-14-28)27-15-17-29(18-16-27)34-25-42-37(44-34)36-10-8-22-46(36)39(48)50-41(4,5)6/h11-20,23,25,35-36H,7-10,21-22,24H2,1-6H3,(H,42,44)/t35-,36-/m0/s1. The number of H-pyrrole nitrogens is 1. The largest absolute Gasteiger partial charge is 0.444 e. The zero-order chi connectivity index (χ0) is 35.2. The number of ether oxygens (including phenoxy) is 2. The molecule has 0 spiro atoms. The maximum absolute atomic E-state index is 12.9. The van der Waals surface area contributed by atoms with E-state index >= 15 is 0 Å². The van der Waals surface area contributed by atoms with Gasteiger partial charge in [0, 0.05) is 25.2 Å². The first-order valence-corrected chi connectivity index (χ1v) is 17.8. The van der Waals surface area contributed by atoms with Crippen LogP contribution in [-0.4, -0.2) is 68.0 Å². The number of carbonyl (C=O) groups is 2. The molecule has 2 fully saturated rings. The summed E-state index contributed by atoms with van der Waals surface area (Å²) in [6.07, 6.45) is 5.71. The number of aromatic nitrogens is 2. The normalized spacial score (nSPS) is 19.0. The fourth-order valence-corrected chi connectivity index (χ4v) is 7.19. The number of rotatable bonds is 5. The molecule has 1 aromatic heterocycles. The maximum Gasteiger partial charge on any atom is 0.410 e. The van der Waals surface area contributed by atoms with Gasteiger partial charge in [-0.2, -0.15) is 0 Å². The quantitative estimate of drug-likeness (QED) is 0.228. The summed E-state index contributed by atoms with van der Waals surface area (Å²) in [6.45, 7) is 12.8. The fraction of sp³-hybridized carbons (Fsp3) is 0.415. The van der Waals surface area contributed by atoms with E-state index in [1.54, 1.807) is 4.90 Å². The number of fused-ring (bicyclic) bond motifs is 1. The van der Waals surface area contributed by atoms with Gasteiger partial charge < -0.3 is 14.5 Å². The predicted octanol–water partition coefficient (Wildman–Crippen LogP) is 9.51. The van der Waals surface area contributed by atoms with Crippen LogP contribution in [0.1, 0.15) is 84.7 Å². The van der Waals surface area contributed by atoms with Crippen LogP contribution in [0.2, 0.25) is 0 Å². The van der Waals surface area contributed by atoms with Crippen molar-refractivity contribution in [2.75, 3.05) is 13.1 Å². The molecular weight excluding hydrogens is 626 g/mol. The third-order valence-corrected chi connectivity index (χ3v) is 9.52. The average molecular weight is 674 g/mol. The summed E-state index contributed by atoms with van der Waals surface area (Å²) in [6, 6.07) is 23.5.